The Bertz CT molecular complexity index is 890. The Morgan fingerprint density at radius 3 is 2.86 bits per heavy atom. The summed E-state index contributed by atoms with van der Waals surface area (Å²) in [6.45, 7) is 1.86. The Hall–Kier alpha value is -2.34. The monoisotopic (exact) mass is 298 g/mol. The van der Waals surface area contributed by atoms with E-state index in [4.69, 9.17) is 4.74 Å². The third-order valence-electron chi connectivity index (χ3n) is 4.43. The minimum Gasteiger partial charge on any atom is -0.497 e. The molecule has 0 unspecified atom stereocenters. The summed E-state index contributed by atoms with van der Waals surface area (Å²) in [6.07, 6.45) is 3.66. The lowest BCUT2D eigenvalue weighted by Crippen LogP contribution is -2.35. The van der Waals surface area contributed by atoms with E-state index < -0.39 is 0 Å². The summed E-state index contributed by atoms with van der Waals surface area (Å²) in [4.78, 5) is 16.0. The van der Waals surface area contributed by atoms with Gasteiger partial charge in [-0.25, -0.2) is 4.68 Å². The van der Waals surface area contributed by atoms with E-state index >= 15 is 0 Å². The number of H-pyrrole nitrogens is 1. The third-order valence-corrected chi connectivity index (χ3v) is 4.43. The van der Waals surface area contributed by atoms with Crippen molar-refractivity contribution in [1.82, 2.24) is 20.1 Å². The summed E-state index contributed by atoms with van der Waals surface area (Å²) in [7, 11) is 1.64. The number of rotatable bonds is 2. The molecule has 0 radical (unpaired) electrons. The first kappa shape index (κ1) is 13.3. The van der Waals surface area contributed by atoms with E-state index in [1.807, 2.05) is 18.2 Å². The van der Waals surface area contributed by atoms with Crippen molar-refractivity contribution >= 4 is 21.8 Å². The van der Waals surface area contributed by atoms with Crippen molar-refractivity contribution in [2.45, 2.75) is 18.9 Å². The zero-order chi connectivity index (χ0) is 15.1. The maximum absolute atomic E-state index is 12.8. The number of ether oxygens (including phenoxy) is 1. The molecule has 0 amide bonds. The highest BCUT2D eigenvalue weighted by Crippen LogP contribution is 2.27. The van der Waals surface area contributed by atoms with Crippen LogP contribution < -0.4 is 15.6 Å². The normalized spacial score (nSPS) is 16.4. The first-order valence-electron chi connectivity index (χ1n) is 7.56. The van der Waals surface area contributed by atoms with Gasteiger partial charge < -0.3 is 15.0 Å². The maximum atomic E-state index is 12.8. The molecule has 0 atom stereocenters. The van der Waals surface area contributed by atoms with E-state index in [0.29, 0.717) is 5.52 Å². The van der Waals surface area contributed by atoms with Crippen LogP contribution in [0.15, 0.2) is 29.2 Å². The topological polar surface area (TPSA) is 71.9 Å². The minimum absolute atomic E-state index is 0.0421. The quantitative estimate of drug-likeness (QED) is 0.757. The lowest BCUT2D eigenvalue weighted by atomic mass is 10.1. The molecule has 6 nitrogen and oxygen atoms in total. The van der Waals surface area contributed by atoms with Crippen molar-refractivity contribution in [3.63, 3.8) is 0 Å². The molecule has 1 aliphatic heterocycles. The smallest absolute Gasteiger partial charge is 0.291 e. The molecule has 6 heteroatoms. The van der Waals surface area contributed by atoms with Crippen molar-refractivity contribution < 1.29 is 4.74 Å². The fourth-order valence-corrected chi connectivity index (χ4v) is 3.22. The van der Waals surface area contributed by atoms with Crippen LogP contribution >= 0.6 is 0 Å². The summed E-state index contributed by atoms with van der Waals surface area (Å²) in [5.74, 6) is 0.774. The van der Waals surface area contributed by atoms with Gasteiger partial charge in [-0.1, -0.05) is 0 Å². The van der Waals surface area contributed by atoms with Gasteiger partial charge >= 0.3 is 0 Å². The van der Waals surface area contributed by atoms with Gasteiger partial charge in [0.05, 0.1) is 19.3 Å². The van der Waals surface area contributed by atoms with Crippen molar-refractivity contribution in [1.29, 1.82) is 0 Å². The fourth-order valence-electron chi connectivity index (χ4n) is 3.22. The van der Waals surface area contributed by atoms with Crippen LogP contribution in [-0.4, -0.2) is 35.0 Å². The van der Waals surface area contributed by atoms with Crippen molar-refractivity contribution in [3.05, 3.63) is 34.7 Å². The highest BCUT2D eigenvalue weighted by molar-refractivity contribution is 6.06. The number of nitrogens with one attached hydrogen (secondary N) is 2. The molecule has 0 aliphatic carbocycles. The lowest BCUT2D eigenvalue weighted by molar-refractivity contribution is 0.333. The summed E-state index contributed by atoms with van der Waals surface area (Å²) in [5, 5.41) is 9.55. The maximum Gasteiger partial charge on any atom is 0.291 e. The molecule has 3 aromatic rings. The van der Waals surface area contributed by atoms with Crippen molar-refractivity contribution in [2.75, 3.05) is 20.2 Å². The summed E-state index contributed by atoms with van der Waals surface area (Å²) < 4.78 is 6.90. The number of methoxy groups -OCH3 is 1. The van der Waals surface area contributed by atoms with Gasteiger partial charge in [0.2, 0.25) is 0 Å². The van der Waals surface area contributed by atoms with Crippen LogP contribution in [0.25, 0.3) is 21.8 Å². The molecular formula is C16H18N4O2. The highest BCUT2D eigenvalue weighted by Gasteiger charge is 2.19. The fraction of sp³-hybridized carbons (Fsp3) is 0.375. The van der Waals surface area contributed by atoms with Gasteiger partial charge in [-0.2, -0.15) is 5.10 Å². The molecule has 4 rings (SSSR count). The number of piperidine rings is 1. The molecule has 1 aliphatic rings. The number of hydrogen-bond donors (Lipinski definition) is 2. The third kappa shape index (κ3) is 1.99. The molecule has 1 aromatic carbocycles. The molecule has 0 bridgehead atoms. The first-order chi connectivity index (χ1) is 10.8. The summed E-state index contributed by atoms with van der Waals surface area (Å²) in [5.41, 5.74) is 1.51. The van der Waals surface area contributed by atoms with E-state index in [1.165, 1.54) is 0 Å². The molecule has 1 fully saturated rings. The molecule has 0 saturated carbocycles. The number of hydrogen-bond acceptors (Lipinski definition) is 4. The molecule has 1 saturated heterocycles. The van der Waals surface area contributed by atoms with Crippen LogP contribution in [0.4, 0.5) is 0 Å². The predicted molar refractivity (Wildman–Crippen MR) is 85.6 cm³/mol. The first-order valence-corrected chi connectivity index (χ1v) is 7.56. The van der Waals surface area contributed by atoms with Gasteiger partial charge in [0.15, 0.2) is 0 Å². The van der Waals surface area contributed by atoms with Gasteiger partial charge in [-0.05, 0) is 44.1 Å². The molecule has 2 aromatic heterocycles. The molecule has 0 spiro atoms. The second-order valence-corrected chi connectivity index (χ2v) is 5.70. The number of benzene rings is 1. The summed E-state index contributed by atoms with van der Waals surface area (Å²) >= 11 is 0. The van der Waals surface area contributed by atoms with Crippen molar-refractivity contribution in [2.24, 2.45) is 0 Å². The van der Waals surface area contributed by atoms with Crippen LogP contribution in [0.5, 0.6) is 5.75 Å². The van der Waals surface area contributed by atoms with Crippen LogP contribution in [-0.2, 0) is 0 Å². The second-order valence-electron chi connectivity index (χ2n) is 5.70. The Morgan fingerprint density at radius 1 is 1.27 bits per heavy atom. The average Bonchev–Trinajstić information content (AvgIpc) is 2.95. The van der Waals surface area contributed by atoms with Gasteiger partial charge in [0, 0.05) is 16.3 Å². The molecule has 3 heterocycles. The number of aromatic amines is 1. The van der Waals surface area contributed by atoms with Crippen LogP contribution in [0.2, 0.25) is 0 Å². The van der Waals surface area contributed by atoms with E-state index in [1.54, 1.807) is 18.0 Å². The lowest BCUT2D eigenvalue weighted by Gasteiger charge is -2.23. The Labute approximate surface area is 127 Å². The predicted octanol–water partition coefficient (Wildman–Crippen LogP) is 1.81. The number of nitrogens with zero attached hydrogens (tertiary/aromatic N) is 2. The van der Waals surface area contributed by atoms with Gasteiger partial charge in [-0.3, -0.25) is 4.79 Å². The van der Waals surface area contributed by atoms with E-state index in [9.17, 15) is 4.79 Å². The number of fused-ring (bicyclic) bond motifs is 3. The van der Waals surface area contributed by atoms with E-state index in [0.717, 1.165) is 48.0 Å². The SMILES string of the molecule is COc1ccc2[nH]c3c(=O)n(C4CCNCC4)ncc3c2c1. The standard InChI is InChI=1S/C16H18N4O2/c1-22-11-2-3-14-12(8-11)13-9-18-20(16(21)15(13)19-14)10-4-6-17-7-5-10/h2-3,8-10,17,19H,4-7H2,1H3. The Kier molecular flexibility index (Phi) is 3.11. The van der Waals surface area contributed by atoms with E-state index in [-0.39, 0.29) is 11.6 Å². The van der Waals surface area contributed by atoms with Crippen LogP contribution in [0, 0.1) is 0 Å². The largest absolute Gasteiger partial charge is 0.497 e. The zero-order valence-electron chi connectivity index (χ0n) is 12.4. The van der Waals surface area contributed by atoms with Gasteiger partial charge in [0.1, 0.15) is 11.3 Å². The van der Waals surface area contributed by atoms with Crippen LogP contribution in [0.3, 0.4) is 0 Å². The molecule has 2 N–H and O–H groups in total. The highest BCUT2D eigenvalue weighted by atomic mass is 16.5. The molecular weight excluding hydrogens is 280 g/mol. The van der Waals surface area contributed by atoms with E-state index in [2.05, 4.69) is 15.4 Å². The zero-order valence-corrected chi connectivity index (χ0v) is 12.4. The second kappa shape index (κ2) is 5.14. The Morgan fingerprint density at radius 2 is 2.09 bits per heavy atom. The minimum atomic E-state index is -0.0421. The molecule has 114 valence electrons. The van der Waals surface area contributed by atoms with Crippen molar-refractivity contribution in [3.8, 4) is 5.75 Å². The summed E-state index contributed by atoms with van der Waals surface area (Å²) in [6, 6.07) is 5.93. The molecule has 22 heavy (non-hydrogen) atoms. The van der Waals surface area contributed by atoms with Gasteiger partial charge in [0.25, 0.3) is 5.56 Å². The van der Waals surface area contributed by atoms with Gasteiger partial charge in [-0.15, -0.1) is 0 Å². The number of aromatic nitrogens is 3. The van der Waals surface area contributed by atoms with Crippen LogP contribution in [0.1, 0.15) is 18.9 Å². The Balaban J connectivity index is 1.91. The average molecular weight is 298 g/mol.